The van der Waals surface area contributed by atoms with Crippen molar-refractivity contribution in [1.82, 2.24) is 0 Å². The molecule has 1 atom stereocenters. The van der Waals surface area contributed by atoms with Crippen molar-refractivity contribution in [2.45, 2.75) is 33.4 Å². The van der Waals surface area contributed by atoms with Gasteiger partial charge in [0.25, 0.3) is 11.8 Å². The number of fused-ring (bicyclic) bond motifs is 1. The SMILES string of the molecule is Cc1cccc(OCC(=O)Nc2ccc3c(c2)N(Cc2cccc(Cl)c2)C(=O)C(C)O3)c1C. The van der Waals surface area contributed by atoms with Crippen molar-refractivity contribution in [3.63, 3.8) is 0 Å². The average Bonchev–Trinajstić information content (AvgIpc) is 2.78. The van der Waals surface area contributed by atoms with Crippen molar-refractivity contribution < 1.29 is 19.1 Å². The van der Waals surface area contributed by atoms with Crippen LogP contribution in [-0.4, -0.2) is 24.5 Å². The van der Waals surface area contributed by atoms with Gasteiger partial charge in [0, 0.05) is 10.7 Å². The van der Waals surface area contributed by atoms with Gasteiger partial charge in [-0.1, -0.05) is 35.9 Å². The fraction of sp³-hybridized carbons (Fsp3) is 0.231. The number of carbonyl (C=O) groups excluding carboxylic acids is 2. The second-order valence-corrected chi connectivity index (χ2v) is 8.47. The first kappa shape index (κ1) is 22.7. The quantitative estimate of drug-likeness (QED) is 0.538. The second kappa shape index (κ2) is 9.55. The standard InChI is InChI=1S/C26H25ClN2O4/c1-16-6-4-9-23(17(16)2)32-15-25(30)28-21-10-11-24-22(13-21)29(26(31)18(3)33-24)14-19-7-5-8-20(27)12-19/h4-13,18H,14-15H2,1-3H3,(H,28,30). The van der Waals surface area contributed by atoms with Crippen molar-refractivity contribution in [3.8, 4) is 11.5 Å². The van der Waals surface area contributed by atoms with Crippen LogP contribution in [0.25, 0.3) is 0 Å². The number of benzene rings is 3. The molecule has 0 aromatic heterocycles. The van der Waals surface area contributed by atoms with E-state index in [1.54, 1.807) is 36.1 Å². The number of nitrogens with one attached hydrogen (secondary N) is 1. The van der Waals surface area contributed by atoms with Crippen molar-refractivity contribution in [1.29, 1.82) is 0 Å². The van der Waals surface area contributed by atoms with Gasteiger partial charge in [-0.05, 0) is 73.9 Å². The summed E-state index contributed by atoms with van der Waals surface area (Å²) >= 11 is 6.12. The molecule has 0 radical (unpaired) electrons. The molecule has 0 fully saturated rings. The first-order chi connectivity index (χ1) is 15.8. The Hall–Kier alpha value is -3.51. The number of anilines is 2. The molecule has 170 valence electrons. The third-order valence-corrected chi connectivity index (χ3v) is 5.83. The minimum absolute atomic E-state index is 0.125. The van der Waals surface area contributed by atoms with Crippen LogP contribution in [0, 0.1) is 13.8 Å². The molecule has 7 heteroatoms. The zero-order chi connectivity index (χ0) is 23.5. The fourth-order valence-electron chi connectivity index (χ4n) is 3.69. The maximum atomic E-state index is 12.9. The molecule has 1 aliphatic heterocycles. The highest BCUT2D eigenvalue weighted by atomic mass is 35.5. The third kappa shape index (κ3) is 5.12. The number of halogens is 1. The Balaban J connectivity index is 1.51. The van der Waals surface area contributed by atoms with Gasteiger partial charge in [-0.3, -0.25) is 9.59 Å². The lowest BCUT2D eigenvalue weighted by molar-refractivity contribution is -0.125. The Morgan fingerprint density at radius 1 is 1.12 bits per heavy atom. The summed E-state index contributed by atoms with van der Waals surface area (Å²) in [6.07, 6.45) is -0.608. The fourth-order valence-corrected chi connectivity index (χ4v) is 3.90. The van der Waals surface area contributed by atoms with Gasteiger partial charge in [0.05, 0.1) is 12.2 Å². The minimum atomic E-state index is -0.608. The maximum Gasteiger partial charge on any atom is 0.268 e. The molecule has 1 aliphatic rings. The number of rotatable bonds is 6. The van der Waals surface area contributed by atoms with Gasteiger partial charge in [0.1, 0.15) is 11.5 Å². The van der Waals surface area contributed by atoms with Gasteiger partial charge in [0.2, 0.25) is 0 Å². The van der Waals surface area contributed by atoms with Crippen LogP contribution < -0.4 is 19.7 Å². The smallest absolute Gasteiger partial charge is 0.268 e. The summed E-state index contributed by atoms with van der Waals surface area (Å²) in [5.41, 5.74) is 4.13. The molecule has 0 saturated heterocycles. The van der Waals surface area contributed by atoms with Crippen molar-refractivity contribution in [2.75, 3.05) is 16.8 Å². The van der Waals surface area contributed by atoms with Gasteiger partial charge < -0.3 is 19.7 Å². The lowest BCUT2D eigenvalue weighted by Gasteiger charge is -2.33. The minimum Gasteiger partial charge on any atom is -0.483 e. The Kier molecular flexibility index (Phi) is 6.56. The zero-order valence-corrected chi connectivity index (χ0v) is 19.5. The first-order valence-corrected chi connectivity index (χ1v) is 11.0. The van der Waals surface area contributed by atoms with Crippen molar-refractivity contribution in [3.05, 3.63) is 82.4 Å². The van der Waals surface area contributed by atoms with E-state index in [9.17, 15) is 9.59 Å². The molecule has 33 heavy (non-hydrogen) atoms. The summed E-state index contributed by atoms with van der Waals surface area (Å²) < 4.78 is 11.5. The molecule has 2 amide bonds. The monoisotopic (exact) mass is 464 g/mol. The van der Waals surface area contributed by atoms with Crippen LogP contribution in [0.15, 0.2) is 60.7 Å². The molecule has 1 heterocycles. The van der Waals surface area contributed by atoms with E-state index in [-0.39, 0.29) is 18.4 Å². The van der Waals surface area contributed by atoms with Crippen molar-refractivity contribution >= 4 is 34.8 Å². The van der Waals surface area contributed by atoms with Gasteiger partial charge in [-0.15, -0.1) is 0 Å². The summed E-state index contributed by atoms with van der Waals surface area (Å²) in [6, 6.07) is 18.3. The number of nitrogens with zero attached hydrogens (tertiary/aromatic N) is 1. The largest absolute Gasteiger partial charge is 0.483 e. The lowest BCUT2D eigenvalue weighted by Crippen LogP contribution is -2.44. The number of ether oxygens (including phenoxy) is 2. The van der Waals surface area contributed by atoms with Crippen LogP contribution in [0.3, 0.4) is 0 Å². The second-order valence-electron chi connectivity index (χ2n) is 8.03. The molecule has 0 spiro atoms. The Morgan fingerprint density at radius 3 is 2.70 bits per heavy atom. The van der Waals surface area contributed by atoms with Gasteiger partial charge in [0.15, 0.2) is 12.7 Å². The van der Waals surface area contributed by atoms with E-state index in [2.05, 4.69) is 5.32 Å². The number of aryl methyl sites for hydroxylation is 1. The highest BCUT2D eigenvalue weighted by Gasteiger charge is 2.32. The van der Waals surface area contributed by atoms with Crippen LogP contribution in [0.5, 0.6) is 11.5 Å². The van der Waals surface area contributed by atoms with Crippen LogP contribution in [0.4, 0.5) is 11.4 Å². The lowest BCUT2D eigenvalue weighted by atomic mass is 10.1. The topological polar surface area (TPSA) is 67.9 Å². The number of amides is 2. The molecular formula is C26H25ClN2O4. The van der Waals surface area contributed by atoms with E-state index in [1.165, 1.54) is 0 Å². The Labute approximate surface area is 198 Å². The van der Waals surface area contributed by atoms with E-state index in [0.29, 0.717) is 34.4 Å². The van der Waals surface area contributed by atoms with E-state index in [0.717, 1.165) is 16.7 Å². The highest BCUT2D eigenvalue weighted by Crippen LogP contribution is 2.37. The number of carbonyl (C=O) groups is 2. The normalized spacial score (nSPS) is 15.0. The number of hydrogen-bond acceptors (Lipinski definition) is 4. The van der Waals surface area contributed by atoms with Gasteiger partial charge >= 0.3 is 0 Å². The van der Waals surface area contributed by atoms with Crippen LogP contribution in [0.2, 0.25) is 5.02 Å². The first-order valence-electron chi connectivity index (χ1n) is 10.7. The Morgan fingerprint density at radius 2 is 1.91 bits per heavy atom. The highest BCUT2D eigenvalue weighted by molar-refractivity contribution is 6.30. The molecule has 1 N–H and O–H groups in total. The predicted molar refractivity (Wildman–Crippen MR) is 129 cm³/mol. The molecule has 4 rings (SSSR count). The number of hydrogen-bond donors (Lipinski definition) is 1. The van der Waals surface area contributed by atoms with Crippen LogP contribution >= 0.6 is 11.6 Å². The van der Waals surface area contributed by atoms with E-state index in [1.807, 2.05) is 50.2 Å². The molecule has 6 nitrogen and oxygen atoms in total. The Bertz CT molecular complexity index is 1210. The molecule has 3 aromatic rings. The molecule has 0 aliphatic carbocycles. The molecule has 0 saturated carbocycles. The molecule has 0 bridgehead atoms. The molecule has 1 unspecified atom stereocenters. The predicted octanol–water partition coefficient (Wildman–Crippen LogP) is 5.29. The third-order valence-electron chi connectivity index (χ3n) is 5.59. The summed E-state index contributed by atoms with van der Waals surface area (Å²) in [5, 5.41) is 3.44. The van der Waals surface area contributed by atoms with E-state index in [4.69, 9.17) is 21.1 Å². The maximum absolute atomic E-state index is 12.9. The average molecular weight is 465 g/mol. The molecule has 3 aromatic carbocycles. The van der Waals surface area contributed by atoms with Crippen LogP contribution in [0.1, 0.15) is 23.6 Å². The molecular weight excluding hydrogens is 440 g/mol. The van der Waals surface area contributed by atoms with Gasteiger partial charge in [-0.2, -0.15) is 0 Å². The van der Waals surface area contributed by atoms with E-state index >= 15 is 0 Å². The summed E-state index contributed by atoms with van der Waals surface area (Å²) in [4.78, 5) is 27.1. The summed E-state index contributed by atoms with van der Waals surface area (Å²) in [5.74, 6) is 0.794. The zero-order valence-electron chi connectivity index (χ0n) is 18.7. The van der Waals surface area contributed by atoms with E-state index < -0.39 is 6.10 Å². The summed E-state index contributed by atoms with van der Waals surface area (Å²) in [7, 11) is 0. The summed E-state index contributed by atoms with van der Waals surface area (Å²) in [6.45, 7) is 5.89. The van der Waals surface area contributed by atoms with Crippen LogP contribution in [-0.2, 0) is 16.1 Å². The van der Waals surface area contributed by atoms with Crippen molar-refractivity contribution in [2.24, 2.45) is 0 Å². The van der Waals surface area contributed by atoms with Gasteiger partial charge in [-0.25, -0.2) is 0 Å².